The van der Waals surface area contributed by atoms with Crippen LogP contribution in [0.1, 0.15) is 203 Å². The van der Waals surface area contributed by atoms with Crippen molar-refractivity contribution >= 4 is 21.6 Å². The van der Waals surface area contributed by atoms with Crippen LogP contribution < -0.4 is 11.1 Å². The highest BCUT2D eigenvalue weighted by Gasteiger charge is 2.74. The Kier molecular flexibility index (Phi) is 17.0. The molecule has 374 valence electrons. The van der Waals surface area contributed by atoms with Crippen LogP contribution in [0.5, 0.6) is 0 Å². The van der Waals surface area contributed by atoms with Crippen LogP contribution in [0.25, 0.3) is 5.57 Å². The maximum absolute atomic E-state index is 12.1. The quantitative estimate of drug-likeness (QED) is 0.138. The van der Waals surface area contributed by atoms with E-state index in [2.05, 4.69) is 99.3 Å². The topological polar surface area (TPSA) is 102 Å². The smallest absolute Gasteiger partial charge is 0.337 e. The van der Waals surface area contributed by atoms with Crippen molar-refractivity contribution in [2.75, 3.05) is 39.5 Å². The Bertz CT molecular complexity index is 1940. The molecule has 0 bridgehead atoms. The second-order valence-electron chi connectivity index (χ2n) is 23.3. The van der Waals surface area contributed by atoms with Crippen LogP contribution in [0.4, 0.5) is 0 Å². The van der Waals surface area contributed by atoms with Crippen molar-refractivity contribution in [1.82, 2.24) is 9.62 Å². The monoisotopic (exact) mass is 916 g/mol. The Morgan fingerprint density at radius 2 is 1.50 bits per heavy atom. The number of fused-ring (bicyclic) bond motifs is 7. The molecule has 5 aliphatic carbocycles. The molecule has 10 atom stereocenters. The summed E-state index contributed by atoms with van der Waals surface area (Å²) in [5.74, 6) is 2.66. The number of carbonyl (C=O) groups excluding carboxylic acids is 1. The van der Waals surface area contributed by atoms with E-state index in [1.165, 1.54) is 101 Å². The lowest BCUT2D eigenvalue weighted by Gasteiger charge is -2.76. The standard InChI is InChI=1S/C41H60O2.C11H25N3O2S.2C2H6.4H2/c1-11-40-23-18-31(28-13-15-29(16-14-28)35(42)43-10)36(5,6)32(40)19-22-38(8)33(40)20-24-41(12-2)34-30(27(3)4)17-21-37(34,7)25-26-39(38,41)9;1-10(2)7-11(3,8-13-6-5-12)14(9-10)17(4,15)16;2*1-2;;;;/h13-16,18,30,32-34H,3,11-12,17,19-26H2,1-2,4-10H3;13H,5-9,12H2,1-4H3;2*1-2H3;4*1H/t30-,32-,33-,34-,37?,38+,39-,40-,41+;11-;;;;;;/m00....../s1. The largest absolute Gasteiger partial charge is 0.465 e. The molecule has 0 spiro atoms. The highest BCUT2D eigenvalue weighted by atomic mass is 32.2. The molecule has 7 nitrogen and oxygen atoms in total. The molecule has 0 radical (unpaired) electrons. The highest BCUT2D eigenvalue weighted by Crippen LogP contribution is 2.82. The van der Waals surface area contributed by atoms with Crippen LogP contribution in [0.15, 0.2) is 42.5 Å². The minimum Gasteiger partial charge on any atom is -0.465 e. The van der Waals surface area contributed by atoms with E-state index in [1.807, 2.05) is 46.8 Å². The fraction of sp³-hybridized carbons (Fsp3) is 0.804. The van der Waals surface area contributed by atoms with Gasteiger partial charge in [-0.25, -0.2) is 13.2 Å². The predicted molar refractivity (Wildman–Crippen MR) is 281 cm³/mol. The molecule has 7 rings (SSSR count). The molecule has 1 saturated heterocycles. The molecule has 1 unspecified atom stereocenters. The number of nitrogens with one attached hydrogen (secondary N) is 1. The van der Waals surface area contributed by atoms with E-state index in [4.69, 9.17) is 10.5 Å². The van der Waals surface area contributed by atoms with Gasteiger partial charge < -0.3 is 15.8 Å². The number of nitrogens with zero attached hydrogens (tertiary/aromatic N) is 1. The van der Waals surface area contributed by atoms with Gasteiger partial charge in [-0.15, -0.1) is 0 Å². The van der Waals surface area contributed by atoms with E-state index in [9.17, 15) is 13.2 Å². The average Bonchev–Trinajstić information content (AvgIpc) is 3.75. The summed E-state index contributed by atoms with van der Waals surface area (Å²) < 4.78 is 30.3. The van der Waals surface area contributed by atoms with Crippen LogP contribution in [0, 0.1) is 61.6 Å². The van der Waals surface area contributed by atoms with Gasteiger partial charge in [-0.05, 0) is 176 Å². The molecule has 0 aromatic heterocycles. The summed E-state index contributed by atoms with van der Waals surface area (Å²) in [7, 11) is -1.70. The summed E-state index contributed by atoms with van der Waals surface area (Å²) in [6.45, 7) is 42.1. The van der Waals surface area contributed by atoms with Gasteiger partial charge in [-0.1, -0.05) is 120 Å². The molecule has 8 heteroatoms. The molecule has 4 saturated carbocycles. The molecule has 1 aliphatic heterocycles. The van der Waals surface area contributed by atoms with Crippen LogP contribution in [-0.2, 0) is 14.8 Å². The van der Waals surface area contributed by atoms with E-state index in [1.54, 1.807) is 4.31 Å². The first-order valence-electron chi connectivity index (χ1n) is 25.8. The summed E-state index contributed by atoms with van der Waals surface area (Å²) in [6.07, 6.45) is 19.6. The van der Waals surface area contributed by atoms with Crippen LogP contribution in [0.2, 0.25) is 0 Å². The number of hydrogen-bond acceptors (Lipinski definition) is 6. The van der Waals surface area contributed by atoms with Crippen molar-refractivity contribution in [3.05, 3.63) is 53.6 Å². The second kappa shape index (κ2) is 19.9. The lowest BCUT2D eigenvalue weighted by molar-refractivity contribution is -0.272. The number of allylic oxidation sites excluding steroid dienone is 3. The lowest BCUT2D eigenvalue weighted by Crippen LogP contribution is -2.69. The van der Waals surface area contributed by atoms with Gasteiger partial charge >= 0.3 is 5.97 Å². The van der Waals surface area contributed by atoms with Gasteiger partial charge in [0.15, 0.2) is 0 Å². The molecule has 1 aromatic carbocycles. The summed E-state index contributed by atoms with van der Waals surface area (Å²) in [4.78, 5) is 12.1. The Labute approximate surface area is 400 Å². The molecule has 64 heavy (non-hydrogen) atoms. The molecule has 6 aliphatic rings. The molecule has 1 aromatic rings. The van der Waals surface area contributed by atoms with E-state index in [0.717, 1.165) is 18.3 Å². The number of carbonyl (C=O) groups is 1. The summed E-state index contributed by atoms with van der Waals surface area (Å²) in [6, 6.07) is 8.20. The predicted octanol–water partition coefficient (Wildman–Crippen LogP) is 14.3. The van der Waals surface area contributed by atoms with E-state index in [0.29, 0.717) is 70.7 Å². The van der Waals surface area contributed by atoms with Crippen LogP contribution >= 0.6 is 0 Å². The molecular weight excluding hydrogens is 811 g/mol. The van der Waals surface area contributed by atoms with Crippen molar-refractivity contribution in [2.45, 2.75) is 186 Å². The minimum absolute atomic E-state index is 0. The first-order chi connectivity index (χ1) is 29.8. The SMILES string of the molecule is C=C(C)[C@@H]1CCC2(C)CC[C@]3(C)[C@](CC)(CC[C@@H]4[C@@]5(CC)CC=C(c6ccc(C(=O)OC)cc6)C(C)(C)[C@@H]5CC[C@]43C)[C@@H]12.CC.CC.CC1(C)CN(S(C)(=O)=O)[C@](C)(CNCCN)C1.[HH].[HH].[HH].[HH]. The molecule has 1 heterocycles. The van der Waals surface area contributed by atoms with Crippen molar-refractivity contribution in [3.63, 3.8) is 0 Å². The van der Waals surface area contributed by atoms with Gasteiger partial charge in [0.1, 0.15) is 0 Å². The summed E-state index contributed by atoms with van der Waals surface area (Å²) in [5.41, 5.74) is 12.0. The summed E-state index contributed by atoms with van der Waals surface area (Å²) >= 11 is 0. The maximum Gasteiger partial charge on any atom is 0.337 e. The second-order valence-corrected chi connectivity index (χ2v) is 25.2. The minimum atomic E-state index is -3.16. The molecule has 0 amide bonds. The van der Waals surface area contributed by atoms with Gasteiger partial charge in [-0.3, -0.25) is 0 Å². The zero-order chi connectivity index (χ0) is 48.5. The maximum atomic E-state index is 12.1. The zero-order valence-electron chi connectivity index (χ0n) is 44.3. The first-order valence-corrected chi connectivity index (χ1v) is 27.6. The van der Waals surface area contributed by atoms with Gasteiger partial charge in [0.25, 0.3) is 0 Å². The van der Waals surface area contributed by atoms with E-state index in [-0.39, 0.29) is 28.0 Å². The number of nitrogens with two attached hydrogens (primary N) is 1. The normalized spacial score (nSPS) is 38.1. The summed E-state index contributed by atoms with van der Waals surface area (Å²) in [5, 5.41) is 3.23. The lowest BCUT2D eigenvalue weighted by atomic mass is 9.28. The molecule has 3 N–H and O–H groups in total. The molecule has 5 fully saturated rings. The Hall–Kier alpha value is -2.00. The van der Waals surface area contributed by atoms with Gasteiger partial charge in [-0.2, -0.15) is 4.31 Å². The van der Waals surface area contributed by atoms with E-state index >= 15 is 0 Å². The number of methoxy groups -OCH3 is 1. The Balaban J connectivity index is 0.00000153. The third-order valence-electron chi connectivity index (χ3n) is 19.4. The van der Waals surface area contributed by atoms with E-state index < -0.39 is 10.0 Å². The Morgan fingerprint density at radius 1 is 0.891 bits per heavy atom. The van der Waals surface area contributed by atoms with Crippen LogP contribution in [0.3, 0.4) is 0 Å². The average molecular weight is 917 g/mol. The molecular formula is C56H105N3O4S. The number of benzene rings is 1. The third-order valence-corrected chi connectivity index (χ3v) is 20.7. The van der Waals surface area contributed by atoms with Crippen molar-refractivity contribution < 1.29 is 23.7 Å². The van der Waals surface area contributed by atoms with Crippen molar-refractivity contribution in [3.8, 4) is 0 Å². The fourth-order valence-corrected chi connectivity index (χ4v) is 18.3. The van der Waals surface area contributed by atoms with Crippen molar-refractivity contribution in [2.24, 2.45) is 67.3 Å². The van der Waals surface area contributed by atoms with Crippen LogP contribution in [-0.4, -0.2) is 63.8 Å². The highest BCUT2D eigenvalue weighted by molar-refractivity contribution is 7.88. The van der Waals surface area contributed by atoms with Gasteiger partial charge in [0.2, 0.25) is 10.0 Å². The Morgan fingerprint density at radius 3 is 2.03 bits per heavy atom. The third kappa shape index (κ3) is 9.04. The van der Waals surface area contributed by atoms with Gasteiger partial charge in [0, 0.05) is 37.4 Å². The van der Waals surface area contributed by atoms with Gasteiger partial charge in [0.05, 0.1) is 18.9 Å². The first kappa shape index (κ1) is 54.6. The number of sulfonamides is 1. The fourth-order valence-electron chi connectivity index (χ4n) is 16.8. The zero-order valence-corrected chi connectivity index (χ0v) is 45.1. The number of rotatable bonds is 10. The number of esters is 1. The number of ether oxygens (including phenoxy) is 1. The number of hydrogen-bond donors (Lipinski definition) is 2. The van der Waals surface area contributed by atoms with Crippen molar-refractivity contribution in [1.29, 1.82) is 0 Å².